The third-order valence-electron chi connectivity index (χ3n) is 5.14. The predicted molar refractivity (Wildman–Crippen MR) is 117 cm³/mol. The van der Waals surface area contributed by atoms with Gasteiger partial charge in [0, 0.05) is 19.5 Å². The molecule has 1 saturated heterocycles. The van der Waals surface area contributed by atoms with Gasteiger partial charge in [-0.05, 0) is 39.0 Å². The number of aliphatic imine (C=N–C) groups is 1. The number of rotatable bonds is 13. The van der Waals surface area contributed by atoms with Gasteiger partial charge in [-0.15, -0.1) is 0 Å². The average Bonchev–Trinajstić information content (AvgIpc) is 3.22. The minimum atomic E-state index is -1.24. The SMILES string of the molecule is CC(NC(=O)C1CCCN1C(=O)C(N)CCC(=O)O)C(=O)NC(CCCN=C(N)N)C(=O)O. The van der Waals surface area contributed by atoms with Crippen molar-refractivity contribution < 1.29 is 34.2 Å². The molecule has 4 unspecified atom stereocenters. The number of nitrogens with one attached hydrogen (secondary N) is 2. The molecule has 1 aliphatic heterocycles. The Balaban J connectivity index is 2.64. The number of carbonyl (C=O) groups is 5. The lowest BCUT2D eigenvalue weighted by atomic mass is 10.1. The minimum absolute atomic E-state index is 0.0580. The quantitative estimate of drug-likeness (QED) is 0.0831. The smallest absolute Gasteiger partial charge is 0.326 e. The van der Waals surface area contributed by atoms with E-state index in [1.54, 1.807) is 0 Å². The molecule has 1 rings (SSSR count). The summed E-state index contributed by atoms with van der Waals surface area (Å²) in [4.78, 5) is 64.8. The van der Waals surface area contributed by atoms with Crippen molar-refractivity contribution in [2.75, 3.05) is 13.1 Å². The molecule has 0 aliphatic carbocycles. The van der Waals surface area contributed by atoms with Gasteiger partial charge in [0.05, 0.1) is 6.04 Å². The topological polar surface area (TPSA) is 244 Å². The fraction of sp³-hybridized carbons (Fsp3) is 0.684. The van der Waals surface area contributed by atoms with Gasteiger partial charge in [-0.2, -0.15) is 0 Å². The summed E-state index contributed by atoms with van der Waals surface area (Å²) in [6.45, 7) is 1.88. The molecule has 1 fully saturated rings. The molecule has 4 atom stereocenters. The number of hydrogen-bond acceptors (Lipinski definition) is 7. The number of likely N-dealkylation sites (tertiary alicyclic amines) is 1. The molecule has 0 radical (unpaired) electrons. The van der Waals surface area contributed by atoms with Crippen LogP contribution in [0.4, 0.5) is 0 Å². The molecule has 10 N–H and O–H groups in total. The number of carboxylic acid groups (broad SMARTS) is 2. The van der Waals surface area contributed by atoms with Crippen molar-refractivity contribution in [3.05, 3.63) is 0 Å². The highest BCUT2D eigenvalue weighted by atomic mass is 16.4. The Kier molecular flexibility index (Phi) is 11.0. The fourth-order valence-electron chi connectivity index (χ4n) is 3.35. The first-order valence-corrected chi connectivity index (χ1v) is 10.6. The van der Waals surface area contributed by atoms with Crippen LogP contribution in [0.25, 0.3) is 0 Å². The first-order valence-electron chi connectivity index (χ1n) is 10.6. The van der Waals surface area contributed by atoms with Gasteiger partial charge in [-0.25, -0.2) is 4.79 Å². The molecule has 14 heteroatoms. The fourth-order valence-corrected chi connectivity index (χ4v) is 3.35. The molecule has 0 aromatic heterocycles. The van der Waals surface area contributed by atoms with E-state index < -0.39 is 53.8 Å². The van der Waals surface area contributed by atoms with E-state index in [1.165, 1.54) is 11.8 Å². The molecule has 33 heavy (non-hydrogen) atoms. The summed E-state index contributed by atoms with van der Waals surface area (Å²) in [5.41, 5.74) is 16.2. The largest absolute Gasteiger partial charge is 0.481 e. The number of nitrogens with two attached hydrogens (primary N) is 3. The van der Waals surface area contributed by atoms with Crippen LogP contribution < -0.4 is 27.8 Å². The molecule has 14 nitrogen and oxygen atoms in total. The summed E-state index contributed by atoms with van der Waals surface area (Å²) >= 11 is 0. The van der Waals surface area contributed by atoms with Crippen molar-refractivity contribution in [3.63, 3.8) is 0 Å². The summed E-state index contributed by atoms with van der Waals surface area (Å²) in [5, 5.41) is 22.9. The van der Waals surface area contributed by atoms with Gasteiger partial charge in [-0.3, -0.25) is 24.2 Å². The summed E-state index contributed by atoms with van der Waals surface area (Å²) in [5.74, 6) is -4.25. The van der Waals surface area contributed by atoms with E-state index in [4.69, 9.17) is 22.3 Å². The monoisotopic (exact) mass is 471 g/mol. The third kappa shape index (κ3) is 9.31. The number of guanidine groups is 1. The van der Waals surface area contributed by atoms with Gasteiger partial charge in [0.25, 0.3) is 0 Å². The highest BCUT2D eigenvalue weighted by molar-refractivity contribution is 5.94. The molecule has 3 amide bonds. The molecular formula is C19H33N7O7. The zero-order chi connectivity index (χ0) is 25.1. The van der Waals surface area contributed by atoms with Crippen LogP contribution in [-0.4, -0.2) is 88.0 Å². The van der Waals surface area contributed by atoms with Crippen LogP contribution in [0.15, 0.2) is 4.99 Å². The number of carbonyl (C=O) groups excluding carboxylic acids is 3. The molecule has 1 heterocycles. The van der Waals surface area contributed by atoms with E-state index in [0.29, 0.717) is 19.3 Å². The second kappa shape index (κ2) is 13.2. The average molecular weight is 472 g/mol. The Morgan fingerprint density at radius 3 is 2.36 bits per heavy atom. The van der Waals surface area contributed by atoms with E-state index in [1.807, 2.05) is 0 Å². The summed E-state index contributed by atoms with van der Waals surface area (Å²) < 4.78 is 0. The number of hydrogen-bond donors (Lipinski definition) is 7. The first-order chi connectivity index (χ1) is 15.4. The first kappa shape index (κ1) is 27.6. The Bertz CT molecular complexity index is 770. The number of amides is 3. The molecule has 0 saturated carbocycles. The summed E-state index contributed by atoms with van der Waals surface area (Å²) in [6, 6.07) is -4.15. The van der Waals surface area contributed by atoms with Crippen LogP contribution in [-0.2, 0) is 24.0 Å². The van der Waals surface area contributed by atoms with Gasteiger partial charge in [0.2, 0.25) is 17.7 Å². The normalized spacial score (nSPS) is 18.0. The molecule has 186 valence electrons. The van der Waals surface area contributed by atoms with Crippen molar-refractivity contribution in [2.45, 2.75) is 69.6 Å². The molecule has 1 aliphatic rings. The summed E-state index contributed by atoms with van der Waals surface area (Å²) in [6.07, 6.45) is 0.977. The zero-order valence-electron chi connectivity index (χ0n) is 18.5. The third-order valence-corrected chi connectivity index (χ3v) is 5.14. The summed E-state index contributed by atoms with van der Waals surface area (Å²) in [7, 11) is 0. The minimum Gasteiger partial charge on any atom is -0.481 e. The lowest BCUT2D eigenvalue weighted by molar-refractivity contribution is -0.143. The lowest BCUT2D eigenvalue weighted by Crippen LogP contribution is -2.55. The highest BCUT2D eigenvalue weighted by Gasteiger charge is 2.37. The number of nitrogens with zero attached hydrogens (tertiary/aromatic N) is 2. The van der Waals surface area contributed by atoms with Crippen molar-refractivity contribution in [2.24, 2.45) is 22.2 Å². The Labute approximate surface area is 190 Å². The van der Waals surface area contributed by atoms with E-state index in [2.05, 4.69) is 15.6 Å². The van der Waals surface area contributed by atoms with Crippen molar-refractivity contribution in [3.8, 4) is 0 Å². The van der Waals surface area contributed by atoms with Crippen LogP contribution in [0.3, 0.4) is 0 Å². The molecule has 0 bridgehead atoms. The second-order valence-corrected chi connectivity index (χ2v) is 7.81. The van der Waals surface area contributed by atoms with Gasteiger partial charge >= 0.3 is 11.9 Å². The van der Waals surface area contributed by atoms with Gasteiger partial charge < -0.3 is 42.9 Å². The lowest BCUT2D eigenvalue weighted by Gasteiger charge is -2.27. The van der Waals surface area contributed by atoms with E-state index >= 15 is 0 Å². The maximum absolute atomic E-state index is 12.7. The van der Waals surface area contributed by atoms with Gasteiger partial charge in [-0.1, -0.05) is 0 Å². The van der Waals surface area contributed by atoms with Gasteiger partial charge in [0.1, 0.15) is 18.1 Å². The Morgan fingerprint density at radius 1 is 1.12 bits per heavy atom. The highest BCUT2D eigenvalue weighted by Crippen LogP contribution is 2.19. The molecule has 0 aromatic carbocycles. The van der Waals surface area contributed by atoms with E-state index in [0.717, 1.165) is 0 Å². The van der Waals surface area contributed by atoms with Gasteiger partial charge in [0.15, 0.2) is 5.96 Å². The van der Waals surface area contributed by atoms with Crippen LogP contribution in [0.2, 0.25) is 0 Å². The Hall–Kier alpha value is -3.42. The van der Waals surface area contributed by atoms with Crippen LogP contribution >= 0.6 is 0 Å². The Morgan fingerprint density at radius 2 is 1.79 bits per heavy atom. The van der Waals surface area contributed by atoms with Crippen LogP contribution in [0.1, 0.15) is 45.4 Å². The maximum atomic E-state index is 12.7. The molecule has 0 spiro atoms. The van der Waals surface area contributed by atoms with Crippen molar-refractivity contribution in [1.29, 1.82) is 0 Å². The van der Waals surface area contributed by atoms with Crippen molar-refractivity contribution in [1.82, 2.24) is 15.5 Å². The molecular weight excluding hydrogens is 438 g/mol. The number of carboxylic acids is 2. The maximum Gasteiger partial charge on any atom is 0.326 e. The molecule has 0 aromatic rings. The number of aliphatic carboxylic acids is 2. The van der Waals surface area contributed by atoms with Crippen LogP contribution in [0, 0.1) is 0 Å². The second-order valence-electron chi connectivity index (χ2n) is 7.81. The van der Waals surface area contributed by atoms with Crippen molar-refractivity contribution >= 4 is 35.6 Å². The predicted octanol–water partition coefficient (Wildman–Crippen LogP) is -2.70. The van der Waals surface area contributed by atoms with E-state index in [-0.39, 0.29) is 38.3 Å². The zero-order valence-corrected chi connectivity index (χ0v) is 18.5. The van der Waals surface area contributed by atoms with E-state index in [9.17, 15) is 29.1 Å². The standard InChI is InChI=1S/C19H33N7O7/c1-10(15(29)25-12(18(32)33)4-2-8-23-19(21)22)24-16(30)13-5-3-9-26(13)17(31)11(20)6-7-14(27)28/h10-13H,2-9,20H2,1H3,(H,24,30)(H,25,29)(H,27,28)(H,32,33)(H4,21,22,23). The van der Waals surface area contributed by atoms with Crippen LogP contribution in [0.5, 0.6) is 0 Å².